The molecule has 18 heavy (non-hydrogen) atoms. The highest BCUT2D eigenvalue weighted by Gasteiger charge is 2.51. The molecule has 0 saturated carbocycles. The minimum absolute atomic E-state index is 0.484. The molecule has 1 saturated heterocycles. The van der Waals surface area contributed by atoms with Crippen LogP contribution in [0.25, 0.3) is 0 Å². The molecule has 1 aromatic rings. The van der Waals surface area contributed by atoms with E-state index in [-0.39, 0.29) is 0 Å². The monoisotopic (exact) mass is 261 g/mol. The molecule has 0 radical (unpaired) electrons. The minimum atomic E-state index is -1.27. The van der Waals surface area contributed by atoms with E-state index in [9.17, 15) is 0 Å². The molecule has 0 aliphatic carbocycles. The lowest BCUT2D eigenvalue weighted by molar-refractivity contribution is 0.418. The van der Waals surface area contributed by atoms with E-state index < -0.39 is 8.07 Å². The molecule has 1 unspecified atom stereocenters. The molecule has 1 fully saturated rings. The van der Waals surface area contributed by atoms with Gasteiger partial charge in [0.15, 0.2) is 0 Å². The number of hydrogen-bond acceptors (Lipinski definition) is 1. The highest BCUT2D eigenvalue weighted by Crippen LogP contribution is 2.55. The van der Waals surface area contributed by atoms with Crippen molar-refractivity contribution in [2.24, 2.45) is 5.41 Å². The molecule has 2 heteroatoms. The second-order valence-corrected chi connectivity index (χ2v) is 13.1. The summed E-state index contributed by atoms with van der Waals surface area (Å²) >= 11 is 0. The lowest BCUT2D eigenvalue weighted by atomic mass is 9.94. The van der Waals surface area contributed by atoms with Crippen LogP contribution in [-0.2, 0) is 6.04 Å². The summed E-state index contributed by atoms with van der Waals surface area (Å²) in [7, 11) is -1.27. The summed E-state index contributed by atoms with van der Waals surface area (Å²) in [5, 5.41) is 0.484. The molecule has 0 bridgehead atoms. The van der Waals surface area contributed by atoms with E-state index in [0.29, 0.717) is 10.5 Å². The third-order valence-electron chi connectivity index (χ3n) is 4.93. The Morgan fingerprint density at radius 1 is 1.28 bits per heavy atom. The van der Waals surface area contributed by atoms with Crippen LogP contribution in [0.5, 0.6) is 0 Å². The van der Waals surface area contributed by atoms with Crippen LogP contribution in [-0.4, -0.2) is 13.1 Å². The summed E-state index contributed by atoms with van der Waals surface area (Å²) < 4.78 is 0. The van der Waals surface area contributed by atoms with Gasteiger partial charge in [-0.05, 0) is 28.6 Å². The SMILES string of the molecule is CC1(C)CC[Si](Cc2ccccn2)(C(C)(C)C)C1. The first-order valence-electron chi connectivity index (χ1n) is 7.14. The van der Waals surface area contributed by atoms with Crippen molar-refractivity contribution in [3.05, 3.63) is 30.1 Å². The van der Waals surface area contributed by atoms with Crippen molar-refractivity contribution in [3.63, 3.8) is 0 Å². The molecule has 0 amide bonds. The Hall–Kier alpha value is -0.633. The molecular formula is C16H27NSi. The van der Waals surface area contributed by atoms with Crippen LogP contribution in [0.1, 0.15) is 46.7 Å². The van der Waals surface area contributed by atoms with Gasteiger partial charge in [-0.2, -0.15) is 0 Å². The zero-order valence-electron chi connectivity index (χ0n) is 12.6. The predicted molar refractivity (Wildman–Crippen MR) is 81.4 cm³/mol. The van der Waals surface area contributed by atoms with Crippen molar-refractivity contribution in [3.8, 4) is 0 Å². The zero-order chi connectivity index (χ0) is 13.4. The first-order chi connectivity index (χ1) is 8.24. The van der Waals surface area contributed by atoms with E-state index >= 15 is 0 Å². The zero-order valence-corrected chi connectivity index (χ0v) is 13.6. The molecule has 1 atom stereocenters. The van der Waals surface area contributed by atoms with Gasteiger partial charge in [0, 0.05) is 11.9 Å². The molecule has 2 rings (SSSR count). The van der Waals surface area contributed by atoms with Crippen LogP contribution < -0.4 is 0 Å². The summed E-state index contributed by atoms with van der Waals surface area (Å²) in [4.78, 5) is 4.58. The molecular weight excluding hydrogens is 234 g/mol. The number of hydrogen-bond donors (Lipinski definition) is 0. The van der Waals surface area contributed by atoms with E-state index in [1.807, 2.05) is 12.3 Å². The van der Waals surface area contributed by atoms with E-state index in [4.69, 9.17) is 0 Å². The quantitative estimate of drug-likeness (QED) is 0.694. The van der Waals surface area contributed by atoms with Crippen LogP contribution in [0.3, 0.4) is 0 Å². The highest BCUT2D eigenvalue weighted by molar-refractivity contribution is 6.82. The summed E-state index contributed by atoms with van der Waals surface area (Å²) in [6.07, 6.45) is 3.35. The average molecular weight is 261 g/mol. The maximum Gasteiger partial charge on any atom is 0.0656 e. The Morgan fingerprint density at radius 2 is 2.00 bits per heavy atom. The molecule has 0 aromatic carbocycles. The van der Waals surface area contributed by atoms with Crippen molar-refractivity contribution in [1.82, 2.24) is 4.98 Å². The third-order valence-corrected chi connectivity index (χ3v) is 12.0. The lowest BCUT2D eigenvalue weighted by Gasteiger charge is -2.41. The summed E-state index contributed by atoms with van der Waals surface area (Å²) in [6, 6.07) is 10.6. The first-order valence-corrected chi connectivity index (χ1v) is 9.76. The molecule has 100 valence electrons. The maximum absolute atomic E-state index is 4.58. The van der Waals surface area contributed by atoms with Crippen molar-refractivity contribution in [1.29, 1.82) is 0 Å². The molecule has 0 N–H and O–H groups in total. The Labute approximate surface area is 113 Å². The van der Waals surface area contributed by atoms with Crippen LogP contribution in [0.4, 0.5) is 0 Å². The van der Waals surface area contributed by atoms with E-state index in [0.717, 1.165) is 0 Å². The average Bonchev–Trinajstić information content (AvgIpc) is 2.56. The minimum Gasteiger partial charge on any atom is -0.262 e. The van der Waals surface area contributed by atoms with Gasteiger partial charge in [-0.3, -0.25) is 4.98 Å². The largest absolute Gasteiger partial charge is 0.262 e. The fourth-order valence-corrected chi connectivity index (χ4v) is 9.93. The van der Waals surface area contributed by atoms with Gasteiger partial charge < -0.3 is 0 Å². The Bertz CT molecular complexity index is 405. The van der Waals surface area contributed by atoms with Crippen molar-refractivity contribution < 1.29 is 0 Å². The van der Waals surface area contributed by atoms with E-state index in [1.54, 1.807) is 0 Å². The van der Waals surface area contributed by atoms with Gasteiger partial charge in [0.2, 0.25) is 0 Å². The topological polar surface area (TPSA) is 12.9 Å². The van der Waals surface area contributed by atoms with Crippen molar-refractivity contribution >= 4 is 8.07 Å². The summed E-state index contributed by atoms with van der Waals surface area (Å²) in [6.45, 7) is 12.3. The Morgan fingerprint density at radius 3 is 2.44 bits per heavy atom. The van der Waals surface area contributed by atoms with Gasteiger partial charge in [-0.1, -0.05) is 59.2 Å². The second-order valence-electron chi connectivity index (χ2n) is 7.87. The van der Waals surface area contributed by atoms with Crippen LogP contribution in [0.15, 0.2) is 24.4 Å². The summed E-state index contributed by atoms with van der Waals surface area (Å²) in [5.41, 5.74) is 1.87. The smallest absolute Gasteiger partial charge is 0.0656 e. The first kappa shape index (κ1) is 13.8. The van der Waals surface area contributed by atoms with Crippen LogP contribution in [0.2, 0.25) is 17.1 Å². The number of pyridine rings is 1. The van der Waals surface area contributed by atoms with Gasteiger partial charge in [-0.15, -0.1) is 0 Å². The second kappa shape index (κ2) is 4.48. The number of nitrogens with zero attached hydrogens (tertiary/aromatic N) is 1. The van der Waals surface area contributed by atoms with Crippen LogP contribution >= 0.6 is 0 Å². The lowest BCUT2D eigenvalue weighted by Crippen LogP contribution is -2.44. The molecule has 1 aliphatic heterocycles. The highest BCUT2D eigenvalue weighted by atomic mass is 28.3. The van der Waals surface area contributed by atoms with Gasteiger partial charge in [0.1, 0.15) is 0 Å². The van der Waals surface area contributed by atoms with Crippen LogP contribution in [0, 0.1) is 5.41 Å². The van der Waals surface area contributed by atoms with Crippen molar-refractivity contribution in [2.75, 3.05) is 0 Å². The van der Waals surface area contributed by atoms with Crippen molar-refractivity contribution in [2.45, 2.75) is 64.2 Å². The normalized spacial score (nSPS) is 27.4. The van der Waals surface area contributed by atoms with Gasteiger partial charge >= 0.3 is 0 Å². The molecule has 1 aliphatic rings. The molecule has 2 heterocycles. The fraction of sp³-hybridized carbons (Fsp3) is 0.688. The molecule has 0 spiro atoms. The van der Waals surface area contributed by atoms with Gasteiger partial charge in [0.05, 0.1) is 8.07 Å². The van der Waals surface area contributed by atoms with Gasteiger partial charge in [-0.25, -0.2) is 0 Å². The standard InChI is InChI=1S/C16H27NSi/c1-15(2,3)18(11-9-16(4,5)13-18)12-14-8-6-7-10-17-14/h6-8,10H,9,11-13H2,1-5H3. The van der Waals surface area contributed by atoms with Gasteiger partial charge in [0.25, 0.3) is 0 Å². The fourth-order valence-electron chi connectivity index (χ4n) is 3.58. The Balaban J connectivity index is 2.28. The van der Waals surface area contributed by atoms with E-state index in [1.165, 1.54) is 30.2 Å². The third kappa shape index (κ3) is 2.69. The summed E-state index contributed by atoms with van der Waals surface area (Å²) in [5.74, 6) is 0. The Kier molecular flexibility index (Phi) is 3.43. The van der Waals surface area contributed by atoms with E-state index in [2.05, 4.69) is 51.7 Å². The number of aromatic nitrogens is 1. The molecule has 1 nitrogen and oxygen atoms in total. The number of rotatable bonds is 2. The molecule has 1 aromatic heterocycles. The maximum atomic E-state index is 4.58. The predicted octanol–water partition coefficient (Wildman–Crippen LogP) is 4.84.